The highest BCUT2D eigenvalue weighted by molar-refractivity contribution is 5.95. The van der Waals surface area contributed by atoms with Crippen LogP contribution in [0, 0.1) is 17.2 Å². The number of nitriles is 1. The number of ether oxygens (including phenoxy) is 1. The number of carbonyl (C=O) groups is 1. The van der Waals surface area contributed by atoms with E-state index in [2.05, 4.69) is 20.9 Å². The van der Waals surface area contributed by atoms with Crippen molar-refractivity contribution in [2.75, 3.05) is 18.0 Å². The summed E-state index contributed by atoms with van der Waals surface area (Å²) in [4.78, 5) is 21.6. The number of hydrogen-bond donors (Lipinski definition) is 1. The van der Waals surface area contributed by atoms with Gasteiger partial charge in [-0.25, -0.2) is 4.98 Å². The Balaban J connectivity index is 1.74. The van der Waals surface area contributed by atoms with E-state index < -0.39 is 5.60 Å². The number of anilines is 1. The maximum Gasteiger partial charge on any atom is 0.306 e. The van der Waals surface area contributed by atoms with Crippen molar-refractivity contribution in [3.8, 4) is 6.07 Å². The average molecular weight is 326 g/mol. The van der Waals surface area contributed by atoms with Gasteiger partial charge in [-0.1, -0.05) is 0 Å². The summed E-state index contributed by atoms with van der Waals surface area (Å²) in [5, 5.41) is 10.2. The Morgan fingerprint density at radius 2 is 2.33 bits per heavy atom. The van der Waals surface area contributed by atoms with Gasteiger partial charge in [0, 0.05) is 25.5 Å². The molecule has 24 heavy (non-hydrogen) atoms. The van der Waals surface area contributed by atoms with Crippen LogP contribution in [0.4, 0.5) is 5.69 Å². The number of hydrogen-bond acceptors (Lipinski definition) is 5. The maximum absolute atomic E-state index is 12.0. The van der Waals surface area contributed by atoms with E-state index in [-0.39, 0.29) is 11.9 Å². The van der Waals surface area contributed by atoms with E-state index in [0.29, 0.717) is 12.0 Å². The summed E-state index contributed by atoms with van der Waals surface area (Å²) >= 11 is 0. The smallest absolute Gasteiger partial charge is 0.306 e. The van der Waals surface area contributed by atoms with E-state index in [1.807, 2.05) is 26.8 Å². The zero-order chi connectivity index (χ0) is 17.3. The predicted octanol–water partition coefficient (Wildman–Crippen LogP) is 2.99. The zero-order valence-corrected chi connectivity index (χ0v) is 14.3. The molecule has 0 spiro atoms. The largest absolute Gasteiger partial charge is 0.460 e. The third-order valence-corrected chi connectivity index (χ3v) is 4.17. The molecule has 0 bridgehead atoms. The van der Waals surface area contributed by atoms with Gasteiger partial charge in [0.15, 0.2) is 0 Å². The molecule has 0 unspecified atom stereocenters. The van der Waals surface area contributed by atoms with Gasteiger partial charge in [-0.15, -0.1) is 0 Å². The van der Waals surface area contributed by atoms with Crippen LogP contribution in [0.15, 0.2) is 18.5 Å². The topological polar surface area (TPSA) is 82.0 Å². The molecule has 1 saturated heterocycles. The number of nitrogens with one attached hydrogen (secondary N) is 1. The fraction of sp³-hybridized carbons (Fsp3) is 0.500. The third kappa shape index (κ3) is 3.35. The van der Waals surface area contributed by atoms with Crippen molar-refractivity contribution in [3.05, 3.63) is 24.0 Å². The minimum atomic E-state index is -0.445. The first kappa shape index (κ1) is 16.3. The molecular formula is C18H22N4O2. The molecule has 1 N–H and O–H groups in total. The first-order valence-electron chi connectivity index (χ1n) is 8.20. The van der Waals surface area contributed by atoms with Crippen molar-refractivity contribution in [2.24, 2.45) is 5.92 Å². The molecule has 1 aliphatic heterocycles. The van der Waals surface area contributed by atoms with E-state index >= 15 is 0 Å². The summed E-state index contributed by atoms with van der Waals surface area (Å²) in [6.07, 6.45) is 4.81. The van der Waals surface area contributed by atoms with Crippen LogP contribution in [0.1, 0.15) is 39.2 Å². The van der Waals surface area contributed by atoms with Crippen LogP contribution in [-0.4, -0.2) is 34.6 Å². The first-order valence-corrected chi connectivity index (χ1v) is 8.20. The number of H-pyrrole nitrogens is 1. The number of rotatable bonds is 3. The number of pyridine rings is 1. The average Bonchev–Trinajstić information content (AvgIpc) is 3.11. The van der Waals surface area contributed by atoms with E-state index in [1.165, 1.54) is 0 Å². The molecule has 3 heterocycles. The Morgan fingerprint density at radius 3 is 3.04 bits per heavy atom. The Kier molecular flexibility index (Phi) is 4.18. The van der Waals surface area contributed by atoms with E-state index in [4.69, 9.17) is 4.74 Å². The quantitative estimate of drug-likeness (QED) is 0.877. The second kappa shape index (κ2) is 6.16. The van der Waals surface area contributed by atoms with Gasteiger partial charge in [0.05, 0.1) is 23.1 Å². The molecule has 0 radical (unpaired) electrons. The van der Waals surface area contributed by atoms with Gasteiger partial charge < -0.3 is 14.6 Å². The monoisotopic (exact) mass is 326 g/mol. The molecular weight excluding hydrogens is 304 g/mol. The van der Waals surface area contributed by atoms with E-state index in [1.54, 1.807) is 12.4 Å². The summed E-state index contributed by atoms with van der Waals surface area (Å²) < 4.78 is 5.42. The second-order valence-corrected chi connectivity index (χ2v) is 7.26. The minimum absolute atomic E-state index is 0.145. The molecule has 1 atom stereocenters. The lowest BCUT2D eigenvalue weighted by Crippen LogP contribution is -2.26. The van der Waals surface area contributed by atoms with Gasteiger partial charge >= 0.3 is 5.97 Å². The van der Waals surface area contributed by atoms with Crippen molar-refractivity contribution >= 4 is 22.7 Å². The Morgan fingerprint density at radius 1 is 1.54 bits per heavy atom. The van der Waals surface area contributed by atoms with Crippen molar-refractivity contribution in [1.82, 2.24) is 9.97 Å². The Hall–Kier alpha value is -2.55. The van der Waals surface area contributed by atoms with Crippen LogP contribution in [0.3, 0.4) is 0 Å². The summed E-state index contributed by atoms with van der Waals surface area (Å²) in [6, 6.07) is 4.15. The molecule has 1 aliphatic rings. The molecule has 0 aromatic carbocycles. The van der Waals surface area contributed by atoms with Crippen molar-refractivity contribution in [3.63, 3.8) is 0 Å². The minimum Gasteiger partial charge on any atom is -0.460 e. The normalized spacial score (nSPS) is 17.9. The van der Waals surface area contributed by atoms with Crippen LogP contribution in [0.2, 0.25) is 0 Å². The second-order valence-electron chi connectivity index (χ2n) is 7.26. The van der Waals surface area contributed by atoms with Crippen LogP contribution in [0.25, 0.3) is 11.0 Å². The molecule has 0 amide bonds. The van der Waals surface area contributed by atoms with Gasteiger partial charge in [0.2, 0.25) is 0 Å². The molecule has 0 saturated carbocycles. The third-order valence-electron chi connectivity index (χ3n) is 4.17. The lowest BCUT2D eigenvalue weighted by atomic mass is 10.1. The molecule has 1 fully saturated rings. The van der Waals surface area contributed by atoms with Crippen LogP contribution >= 0.6 is 0 Å². The maximum atomic E-state index is 12.0. The summed E-state index contributed by atoms with van der Waals surface area (Å²) in [5.74, 6) is 0.126. The molecule has 3 rings (SSSR count). The molecule has 2 aromatic rings. The lowest BCUT2D eigenvalue weighted by molar-refractivity contribution is -0.155. The number of aromatic amines is 1. The van der Waals surface area contributed by atoms with Crippen molar-refractivity contribution in [1.29, 1.82) is 5.26 Å². The molecule has 0 aliphatic carbocycles. The standard InChI is InChI=1S/C18H22N4O2/c1-18(2,3)24-15(23)8-12-5-7-22(11-12)14-4-6-20-17-16(14)13(9-19)10-21-17/h4,6,10,12H,5,7-8,11H2,1-3H3,(H,20,21)/t12-/m0/s1. The van der Waals surface area contributed by atoms with Gasteiger partial charge in [-0.2, -0.15) is 5.26 Å². The van der Waals surface area contributed by atoms with E-state index in [9.17, 15) is 10.1 Å². The zero-order valence-electron chi connectivity index (χ0n) is 14.3. The SMILES string of the molecule is CC(C)(C)OC(=O)C[C@@H]1CCN(c2ccnc3[nH]cc(C#N)c23)C1. The van der Waals surface area contributed by atoms with Crippen LogP contribution < -0.4 is 4.90 Å². The van der Waals surface area contributed by atoms with Gasteiger partial charge in [-0.05, 0) is 39.2 Å². The highest BCUT2D eigenvalue weighted by atomic mass is 16.6. The molecule has 6 nitrogen and oxygen atoms in total. The van der Waals surface area contributed by atoms with Gasteiger partial charge in [-0.3, -0.25) is 4.79 Å². The molecule has 6 heteroatoms. The number of nitrogens with zero attached hydrogens (tertiary/aromatic N) is 3. The summed E-state index contributed by atoms with van der Waals surface area (Å²) in [5.41, 5.74) is 1.88. The summed E-state index contributed by atoms with van der Waals surface area (Å²) in [7, 11) is 0. The van der Waals surface area contributed by atoms with Crippen molar-refractivity contribution in [2.45, 2.75) is 39.2 Å². The number of aromatic nitrogens is 2. The Labute approximate surface area is 141 Å². The fourth-order valence-electron chi connectivity index (χ4n) is 3.23. The fourth-order valence-corrected chi connectivity index (χ4v) is 3.23. The molecule has 126 valence electrons. The molecule has 2 aromatic heterocycles. The number of carbonyl (C=O) groups excluding carboxylic acids is 1. The van der Waals surface area contributed by atoms with Gasteiger partial charge in [0.25, 0.3) is 0 Å². The van der Waals surface area contributed by atoms with Gasteiger partial charge in [0.1, 0.15) is 17.3 Å². The predicted molar refractivity (Wildman–Crippen MR) is 91.6 cm³/mol. The summed E-state index contributed by atoms with van der Waals surface area (Å²) in [6.45, 7) is 7.30. The number of esters is 1. The number of fused-ring (bicyclic) bond motifs is 1. The van der Waals surface area contributed by atoms with Crippen LogP contribution in [0.5, 0.6) is 0 Å². The van der Waals surface area contributed by atoms with Crippen molar-refractivity contribution < 1.29 is 9.53 Å². The first-order chi connectivity index (χ1) is 11.4. The lowest BCUT2D eigenvalue weighted by Gasteiger charge is -2.22. The highest BCUT2D eigenvalue weighted by Gasteiger charge is 2.28. The van der Waals surface area contributed by atoms with E-state index in [0.717, 1.165) is 36.2 Å². The van der Waals surface area contributed by atoms with Crippen LogP contribution in [-0.2, 0) is 9.53 Å². The Bertz CT molecular complexity index is 797. The highest BCUT2D eigenvalue weighted by Crippen LogP contribution is 2.33.